The molecule has 2 aliphatic heterocycles. The zero-order valence-corrected chi connectivity index (χ0v) is 14.2. The average Bonchev–Trinajstić information content (AvgIpc) is 2.62. The van der Waals surface area contributed by atoms with Gasteiger partial charge >= 0.3 is 0 Å². The van der Waals surface area contributed by atoms with Gasteiger partial charge in [-0.25, -0.2) is 0 Å². The number of amides is 1. The van der Waals surface area contributed by atoms with Crippen molar-refractivity contribution in [1.82, 2.24) is 9.80 Å². The number of nitrogens with zero attached hydrogens (tertiary/aromatic N) is 2. The van der Waals surface area contributed by atoms with Crippen LogP contribution in [0.15, 0.2) is 30.3 Å². The van der Waals surface area contributed by atoms with Crippen LogP contribution in [0.1, 0.15) is 31.4 Å². The second-order valence-corrected chi connectivity index (χ2v) is 7.56. The Labute approximate surface area is 138 Å². The maximum absolute atomic E-state index is 12.6. The highest BCUT2D eigenvalue weighted by atomic mass is 32.2. The molecule has 120 valence electrons. The normalized spacial score (nSPS) is 22.5. The monoisotopic (exact) mass is 318 g/mol. The maximum atomic E-state index is 12.6. The van der Waals surface area contributed by atoms with Crippen molar-refractivity contribution in [3.8, 4) is 0 Å². The lowest BCUT2D eigenvalue weighted by Crippen LogP contribution is -2.45. The molecule has 0 radical (unpaired) electrons. The molecule has 1 aromatic carbocycles. The third kappa shape index (κ3) is 3.66. The van der Waals surface area contributed by atoms with Gasteiger partial charge in [-0.1, -0.05) is 30.3 Å². The summed E-state index contributed by atoms with van der Waals surface area (Å²) >= 11 is 1.96. The molecule has 1 unspecified atom stereocenters. The average molecular weight is 318 g/mol. The van der Waals surface area contributed by atoms with E-state index in [1.54, 1.807) is 0 Å². The summed E-state index contributed by atoms with van der Waals surface area (Å²) in [5.74, 6) is 2.88. The van der Waals surface area contributed by atoms with Crippen molar-refractivity contribution < 1.29 is 4.79 Å². The van der Waals surface area contributed by atoms with Crippen LogP contribution in [0, 0.1) is 5.92 Å². The Balaban J connectivity index is 1.52. The topological polar surface area (TPSA) is 23.6 Å². The van der Waals surface area contributed by atoms with E-state index in [9.17, 15) is 4.79 Å². The summed E-state index contributed by atoms with van der Waals surface area (Å²) in [4.78, 5) is 17.2. The molecule has 1 amide bonds. The molecule has 3 rings (SSSR count). The fourth-order valence-electron chi connectivity index (χ4n) is 3.52. The third-order valence-corrected chi connectivity index (χ3v) is 5.97. The fraction of sp³-hybridized carbons (Fsp3) is 0.611. The maximum Gasteiger partial charge on any atom is 0.225 e. The number of carbonyl (C=O) groups excluding carboxylic acids is 1. The van der Waals surface area contributed by atoms with E-state index in [1.807, 2.05) is 11.8 Å². The van der Waals surface area contributed by atoms with Gasteiger partial charge in [0.05, 0.1) is 0 Å². The standard InChI is InChI=1S/C18H26N2OS/c1-15(16-5-3-2-4-6-16)19-9-7-17(8-10-19)18(21)20-11-13-22-14-12-20/h2-6,15,17H,7-14H2,1H3. The lowest BCUT2D eigenvalue weighted by atomic mass is 9.93. The van der Waals surface area contributed by atoms with Gasteiger partial charge in [0, 0.05) is 36.6 Å². The van der Waals surface area contributed by atoms with Crippen molar-refractivity contribution in [3.05, 3.63) is 35.9 Å². The van der Waals surface area contributed by atoms with Gasteiger partial charge in [-0.2, -0.15) is 11.8 Å². The Kier molecular flexibility index (Phi) is 5.42. The second-order valence-electron chi connectivity index (χ2n) is 6.33. The van der Waals surface area contributed by atoms with E-state index in [0.717, 1.165) is 50.5 Å². The zero-order valence-electron chi connectivity index (χ0n) is 13.4. The van der Waals surface area contributed by atoms with Gasteiger partial charge < -0.3 is 4.90 Å². The first-order valence-electron chi connectivity index (χ1n) is 8.41. The van der Waals surface area contributed by atoms with E-state index >= 15 is 0 Å². The Morgan fingerprint density at radius 1 is 1.09 bits per heavy atom. The first kappa shape index (κ1) is 15.9. The van der Waals surface area contributed by atoms with Gasteiger partial charge in [0.1, 0.15) is 0 Å². The summed E-state index contributed by atoms with van der Waals surface area (Å²) in [6.45, 7) is 6.25. The molecule has 22 heavy (non-hydrogen) atoms. The molecule has 1 aromatic rings. The lowest BCUT2D eigenvalue weighted by Gasteiger charge is -2.38. The molecule has 0 bridgehead atoms. The van der Waals surface area contributed by atoms with Crippen molar-refractivity contribution in [3.63, 3.8) is 0 Å². The van der Waals surface area contributed by atoms with E-state index in [2.05, 4.69) is 47.1 Å². The van der Waals surface area contributed by atoms with Gasteiger partial charge in [0.25, 0.3) is 0 Å². The predicted molar refractivity (Wildman–Crippen MR) is 93.1 cm³/mol. The third-order valence-electron chi connectivity index (χ3n) is 5.03. The first-order chi connectivity index (χ1) is 10.8. The SMILES string of the molecule is CC(c1ccccc1)N1CCC(C(=O)N2CCSCC2)CC1. The molecule has 4 heteroatoms. The van der Waals surface area contributed by atoms with Crippen LogP contribution < -0.4 is 0 Å². The van der Waals surface area contributed by atoms with Gasteiger partial charge in [0.15, 0.2) is 0 Å². The number of piperidine rings is 1. The fourth-order valence-corrected chi connectivity index (χ4v) is 4.42. The van der Waals surface area contributed by atoms with Gasteiger partial charge in [-0.05, 0) is 38.4 Å². The van der Waals surface area contributed by atoms with Crippen LogP contribution in [0.3, 0.4) is 0 Å². The van der Waals surface area contributed by atoms with Crippen LogP contribution in [-0.4, -0.2) is 53.4 Å². The molecule has 0 aliphatic carbocycles. The highest BCUT2D eigenvalue weighted by Crippen LogP contribution is 2.28. The van der Waals surface area contributed by atoms with Crippen LogP contribution in [-0.2, 0) is 4.79 Å². The molecule has 0 spiro atoms. The smallest absolute Gasteiger partial charge is 0.225 e. The molecule has 0 saturated carbocycles. The van der Waals surface area contributed by atoms with Gasteiger partial charge in [0.2, 0.25) is 5.91 Å². The number of rotatable bonds is 3. The Bertz CT molecular complexity index is 479. The summed E-state index contributed by atoms with van der Waals surface area (Å²) in [6.07, 6.45) is 2.03. The predicted octanol–water partition coefficient (Wildman–Crippen LogP) is 3.04. The number of benzene rings is 1. The first-order valence-corrected chi connectivity index (χ1v) is 9.56. The van der Waals surface area contributed by atoms with Crippen LogP contribution in [0.5, 0.6) is 0 Å². The van der Waals surface area contributed by atoms with Crippen LogP contribution in [0.25, 0.3) is 0 Å². The number of thioether (sulfide) groups is 1. The molecule has 2 aliphatic rings. The van der Waals surface area contributed by atoms with Crippen molar-refractivity contribution in [2.45, 2.75) is 25.8 Å². The number of hydrogen-bond acceptors (Lipinski definition) is 3. The second kappa shape index (κ2) is 7.51. The Morgan fingerprint density at radius 2 is 1.73 bits per heavy atom. The summed E-state index contributed by atoms with van der Waals surface area (Å²) < 4.78 is 0. The highest BCUT2D eigenvalue weighted by molar-refractivity contribution is 7.99. The Morgan fingerprint density at radius 3 is 2.36 bits per heavy atom. The lowest BCUT2D eigenvalue weighted by molar-refractivity contribution is -0.136. The van der Waals surface area contributed by atoms with Crippen molar-refractivity contribution in [2.75, 3.05) is 37.7 Å². The quantitative estimate of drug-likeness (QED) is 0.856. The summed E-state index contributed by atoms with van der Waals surface area (Å²) in [7, 11) is 0. The van der Waals surface area contributed by atoms with E-state index in [4.69, 9.17) is 0 Å². The molecule has 0 aromatic heterocycles. The van der Waals surface area contributed by atoms with Crippen LogP contribution in [0.4, 0.5) is 0 Å². The van der Waals surface area contributed by atoms with E-state index < -0.39 is 0 Å². The minimum atomic E-state index is 0.252. The van der Waals surface area contributed by atoms with Crippen LogP contribution in [0.2, 0.25) is 0 Å². The van der Waals surface area contributed by atoms with E-state index in [1.165, 1.54) is 5.56 Å². The largest absolute Gasteiger partial charge is 0.341 e. The molecular formula is C18H26N2OS. The van der Waals surface area contributed by atoms with Gasteiger partial charge in [-0.15, -0.1) is 0 Å². The van der Waals surface area contributed by atoms with Crippen molar-refractivity contribution in [1.29, 1.82) is 0 Å². The van der Waals surface area contributed by atoms with E-state index in [-0.39, 0.29) is 5.92 Å². The zero-order chi connectivity index (χ0) is 15.4. The molecule has 2 saturated heterocycles. The van der Waals surface area contributed by atoms with Gasteiger partial charge in [-0.3, -0.25) is 9.69 Å². The summed E-state index contributed by atoms with van der Waals surface area (Å²) in [5, 5.41) is 0. The summed E-state index contributed by atoms with van der Waals surface area (Å²) in [5.41, 5.74) is 1.38. The van der Waals surface area contributed by atoms with Crippen molar-refractivity contribution in [2.24, 2.45) is 5.92 Å². The summed E-state index contributed by atoms with van der Waals surface area (Å²) in [6, 6.07) is 11.1. The van der Waals surface area contributed by atoms with Crippen molar-refractivity contribution >= 4 is 17.7 Å². The molecule has 2 fully saturated rings. The minimum absolute atomic E-state index is 0.252. The molecule has 1 atom stereocenters. The number of likely N-dealkylation sites (tertiary alicyclic amines) is 1. The Hall–Kier alpha value is -1.00. The molecule has 2 heterocycles. The van der Waals surface area contributed by atoms with E-state index in [0.29, 0.717) is 11.9 Å². The molecular weight excluding hydrogens is 292 g/mol. The number of hydrogen-bond donors (Lipinski definition) is 0. The number of carbonyl (C=O) groups is 1. The minimum Gasteiger partial charge on any atom is -0.341 e. The molecule has 0 N–H and O–H groups in total. The highest BCUT2D eigenvalue weighted by Gasteiger charge is 2.30. The van der Waals surface area contributed by atoms with Crippen LogP contribution >= 0.6 is 11.8 Å². The molecule has 3 nitrogen and oxygen atoms in total.